The molecule has 0 fully saturated rings. The lowest BCUT2D eigenvalue weighted by molar-refractivity contribution is 0.616. The molecule has 2 aromatic rings. The second-order valence-electron chi connectivity index (χ2n) is 4.50. The summed E-state index contributed by atoms with van der Waals surface area (Å²) in [4.78, 5) is 0. The van der Waals surface area contributed by atoms with Crippen molar-refractivity contribution in [2.75, 3.05) is 6.54 Å². The zero-order chi connectivity index (χ0) is 13.5. The van der Waals surface area contributed by atoms with Crippen LogP contribution in [-0.4, -0.2) is 6.54 Å². The van der Waals surface area contributed by atoms with Gasteiger partial charge in [0, 0.05) is 11.6 Å². The summed E-state index contributed by atoms with van der Waals surface area (Å²) in [6, 6.07) is 14.8. The van der Waals surface area contributed by atoms with Crippen LogP contribution >= 0.6 is 11.6 Å². The first-order valence-electron chi connectivity index (χ1n) is 6.44. The Labute approximate surface area is 118 Å². The molecule has 0 aromatic heterocycles. The molecule has 2 rings (SSSR count). The summed E-state index contributed by atoms with van der Waals surface area (Å²) < 4.78 is 13.1. The van der Waals surface area contributed by atoms with E-state index in [9.17, 15) is 4.39 Å². The van der Waals surface area contributed by atoms with Crippen LogP contribution in [0.3, 0.4) is 0 Å². The van der Waals surface area contributed by atoms with Gasteiger partial charge in [-0.2, -0.15) is 0 Å². The topological polar surface area (TPSA) is 12.0 Å². The predicted octanol–water partition coefficient (Wildman–Crippen LogP) is 4.20. The number of aryl methyl sites for hydroxylation is 1. The Bertz CT molecular complexity index is 513. The van der Waals surface area contributed by atoms with Gasteiger partial charge in [0.1, 0.15) is 5.82 Å². The SMILES string of the molecule is Fc1ccc(Cl)c(CNCCCc2ccccc2)c1. The van der Waals surface area contributed by atoms with Crippen molar-refractivity contribution in [3.8, 4) is 0 Å². The molecule has 100 valence electrons. The van der Waals surface area contributed by atoms with Crippen LogP contribution in [0.25, 0.3) is 0 Å². The highest BCUT2D eigenvalue weighted by atomic mass is 35.5. The first kappa shape index (κ1) is 14.0. The fourth-order valence-corrected chi connectivity index (χ4v) is 2.15. The fourth-order valence-electron chi connectivity index (χ4n) is 1.96. The summed E-state index contributed by atoms with van der Waals surface area (Å²) in [7, 11) is 0. The zero-order valence-electron chi connectivity index (χ0n) is 10.7. The normalized spacial score (nSPS) is 10.6. The van der Waals surface area contributed by atoms with Gasteiger partial charge in [-0.15, -0.1) is 0 Å². The van der Waals surface area contributed by atoms with E-state index in [1.165, 1.54) is 17.7 Å². The lowest BCUT2D eigenvalue weighted by atomic mass is 10.1. The Morgan fingerprint density at radius 3 is 2.63 bits per heavy atom. The Kier molecular flexibility index (Phi) is 5.37. The zero-order valence-corrected chi connectivity index (χ0v) is 11.5. The van der Waals surface area contributed by atoms with Crippen LogP contribution in [0.5, 0.6) is 0 Å². The molecular weight excluding hydrogens is 261 g/mol. The van der Waals surface area contributed by atoms with Crippen LogP contribution in [0.1, 0.15) is 17.5 Å². The van der Waals surface area contributed by atoms with Crippen LogP contribution in [-0.2, 0) is 13.0 Å². The maximum atomic E-state index is 13.1. The fraction of sp³-hybridized carbons (Fsp3) is 0.250. The van der Waals surface area contributed by atoms with Gasteiger partial charge in [0.25, 0.3) is 0 Å². The largest absolute Gasteiger partial charge is 0.313 e. The monoisotopic (exact) mass is 277 g/mol. The minimum atomic E-state index is -0.245. The van der Waals surface area contributed by atoms with E-state index in [4.69, 9.17) is 11.6 Å². The van der Waals surface area contributed by atoms with Crippen molar-refractivity contribution in [1.82, 2.24) is 5.32 Å². The van der Waals surface area contributed by atoms with E-state index in [1.807, 2.05) is 6.07 Å². The van der Waals surface area contributed by atoms with Gasteiger partial charge in [-0.05, 0) is 48.7 Å². The molecule has 0 amide bonds. The lowest BCUT2D eigenvalue weighted by Gasteiger charge is -2.07. The van der Waals surface area contributed by atoms with Gasteiger partial charge in [-0.1, -0.05) is 41.9 Å². The van der Waals surface area contributed by atoms with Crippen LogP contribution in [0, 0.1) is 5.82 Å². The molecule has 0 saturated carbocycles. The summed E-state index contributed by atoms with van der Waals surface area (Å²) >= 11 is 6.00. The molecule has 0 spiro atoms. The number of hydrogen-bond donors (Lipinski definition) is 1. The summed E-state index contributed by atoms with van der Waals surface area (Å²) in [5, 5.41) is 3.90. The number of rotatable bonds is 6. The van der Waals surface area contributed by atoms with Crippen molar-refractivity contribution in [2.45, 2.75) is 19.4 Å². The molecule has 0 aliphatic carbocycles. The maximum Gasteiger partial charge on any atom is 0.123 e. The molecule has 0 unspecified atom stereocenters. The molecule has 3 heteroatoms. The Morgan fingerprint density at radius 1 is 1.05 bits per heavy atom. The van der Waals surface area contributed by atoms with Crippen LogP contribution < -0.4 is 5.32 Å². The van der Waals surface area contributed by atoms with E-state index in [1.54, 1.807) is 6.07 Å². The third-order valence-electron chi connectivity index (χ3n) is 2.99. The third-order valence-corrected chi connectivity index (χ3v) is 3.35. The van der Waals surface area contributed by atoms with Crippen molar-refractivity contribution >= 4 is 11.6 Å². The molecule has 0 radical (unpaired) electrons. The minimum Gasteiger partial charge on any atom is -0.313 e. The lowest BCUT2D eigenvalue weighted by Crippen LogP contribution is -2.15. The number of halogens is 2. The Balaban J connectivity index is 1.71. The second kappa shape index (κ2) is 7.27. The highest BCUT2D eigenvalue weighted by Gasteiger charge is 2.01. The second-order valence-corrected chi connectivity index (χ2v) is 4.91. The van der Waals surface area contributed by atoms with Gasteiger partial charge >= 0.3 is 0 Å². The summed E-state index contributed by atoms with van der Waals surface area (Å²) in [6.07, 6.45) is 2.10. The van der Waals surface area contributed by atoms with Crippen LogP contribution in [0.15, 0.2) is 48.5 Å². The molecule has 0 saturated heterocycles. The Hall–Kier alpha value is -1.38. The molecule has 1 nitrogen and oxygen atoms in total. The predicted molar refractivity (Wildman–Crippen MR) is 77.9 cm³/mol. The number of hydrogen-bond acceptors (Lipinski definition) is 1. The number of nitrogens with one attached hydrogen (secondary N) is 1. The van der Waals surface area contributed by atoms with Gasteiger partial charge in [0.05, 0.1) is 0 Å². The smallest absolute Gasteiger partial charge is 0.123 e. The first-order chi connectivity index (χ1) is 9.25. The third kappa shape index (κ3) is 4.66. The maximum absolute atomic E-state index is 13.1. The molecular formula is C16H17ClFN. The van der Waals surface area contributed by atoms with Gasteiger partial charge in [0.15, 0.2) is 0 Å². The quantitative estimate of drug-likeness (QED) is 0.780. The standard InChI is InChI=1S/C16H17ClFN/c17-16-9-8-15(18)11-14(16)12-19-10-4-7-13-5-2-1-3-6-13/h1-3,5-6,8-9,11,19H,4,7,10,12H2. The van der Waals surface area contributed by atoms with Gasteiger partial charge in [0.2, 0.25) is 0 Å². The molecule has 0 aliphatic heterocycles. The van der Waals surface area contributed by atoms with Crippen LogP contribution in [0.4, 0.5) is 4.39 Å². The molecule has 0 atom stereocenters. The molecule has 0 aliphatic rings. The van der Waals surface area contributed by atoms with Crippen molar-refractivity contribution in [1.29, 1.82) is 0 Å². The summed E-state index contributed by atoms with van der Waals surface area (Å²) in [6.45, 7) is 1.49. The average molecular weight is 278 g/mol. The van der Waals surface area contributed by atoms with E-state index in [-0.39, 0.29) is 5.82 Å². The van der Waals surface area contributed by atoms with Crippen molar-refractivity contribution in [3.63, 3.8) is 0 Å². The van der Waals surface area contributed by atoms with Crippen molar-refractivity contribution in [2.24, 2.45) is 0 Å². The van der Waals surface area contributed by atoms with Crippen molar-refractivity contribution in [3.05, 3.63) is 70.5 Å². The summed E-state index contributed by atoms with van der Waals surface area (Å²) in [5.74, 6) is -0.245. The van der Waals surface area contributed by atoms with E-state index >= 15 is 0 Å². The Morgan fingerprint density at radius 2 is 1.84 bits per heavy atom. The van der Waals surface area contributed by atoms with Crippen LogP contribution in [0.2, 0.25) is 5.02 Å². The molecule has 1 N–H and O–H groups in total. The minimum absolute atomic E-state index is 0.245. The van der Waals surface area contributed by atoms with Crippen molar-refractivity contribution < 1.29 is 4.39 Å². The van der Waals surface area contributed by atoms with E-state index in [0.717, 1.165) is 24.9 Å². The molecule has 0 heterocycles. The summed E-state index contributed by atoms with van der Waals surface area (Å²) in [5.41, 5.74) is 2.15. The highest BCUT2D eigenvalue weighted by molar-refractivity contribution is 6.31. The number of benzene rings is 2. The molecule has 0 bridgehead atoms. The molecule has 19 heavy (non-hydrogen) atoms. The average Bonchev–Trinajstić information content (AvgIpc) is 2.43. The van der Waals surface area contributed by atoms with Gasteiger partial charge in [-0.3, -0.25) is 0 Å². The van der Waals surface area contributed by atoms with Gasteiger partial charge in [-0.25, -0.2) is 4.39 Å². The van der Waals surface area contributed by atoms with E-state index in [0.29, 0.717) is 11.6 Å². The van der Waals surface area contributed by atoms with E-state index in [2.05, 4.69) is 29.6 Å². The van der Waals surface area contributed by atoms with E-state index < -0.39 is 0 Å². The first-order valence-corrected chi connectivity index (χ1v) is 6.82. The highest BCUT2D eigenvalue weighted by Crippen LogP contribution is 2.16. The molecule has 2 aromatic carbocycles. The van der Waals surface area contributed by atoms with Gasteiger partial charge < -0.3 is 5.32 Å².